The van der Waals surface area contributed by atoms with Gasteiger partial charge in [-0.1, -0.05) is 11.6 Å². The molecule has 2 aromatic rings. The number of carbonyl (C=O) groups excluding carboxylic acids is 1. The van der Waals surface area contributed by atoms with Crippen molar-refractivity contribution in [3.8, 4) is 11.5 Å². The highest BCUT2D eigenvalue weighted by Crippen LogP contribution is 2.28. The molecule has 1 heterocycles. The third kappa shape index (κ3) is 4.64. The van der Waals surface area contributed by atoms with Crippen molar-refractivity contribution in [1.29, 1.82) is 0 Å². The molecule has 3 rings (SSSR count). The summed E-state index contributed by atoms with van der Waals surface area (Å²) in [6.45, 7) is 2.44. The minimum Gasteiger partial charge on any atom is -0.497 e. The highest BCUT2D eigenvalue weighted by molar-refractivity contribution is 6.32. The van der Waals surface area contributed by atoms with Gasteiger partial charge in [-0.05, 0) is 30.3 Å². The minimum atomic E-state index is -0.539. The second-order valence-corrected chi connectivity index (χ2v) is 6.63. The summed E-state index contributed by atoms with van der Waals surface area (Å²) in [7, 11) is 1.63. The SMILES string of the molecule is COc1ccc(N2CCN(C(=O)COc3ccc([N+](=O)[O-])cc3Cl)CC2)cc1. The lowest BCUT2D eigenvalue weighted by Gasteiger charge is -2.36. The fourth-order valence-electron chi connectivity index (χ4n) is 2.96. The molecule has 1 fully saturated rings. The van der Waals surface area contributed by atoms with Gasteiger partial charge in [-0.3, -0.25) is 14.9 Å². The van der Waals surface area contributed by atoms with E-state index in [4.69, 9.17) is 21.1 Å². The Morgan fingerprint density at radius 1 is 1.14 bits per heavy atom. The zero-order valence-electron chi connectivity index (χ0n) is 15.3. The molecule has 1 aliphatic rings. The van der Waals surface area contributed by atoms with E-state index in [2.05, 4.69) is 4.90 Å². The highest BCUT2D eigenvalue weighted by atomic mass is 35.5. The van der Waals surface area contributed by atoms with Crippen molar-refractivity contribution in [3.05, 3.63) is 57.6 Å². The van der Waals surface area contributed by atoms with Gasteiger partial charge in [0, 0.05) is 44.0 Å². The Labute approximate surface area is 167 Å². The lowest BCUT2D eigenvalue weighted by atomic mass is 10.2. The van der Waals surface area contributed by atoms with Crippen molar-refractivity contribution in [2.75, 3.05) is 44.8 Å². The van der Waals surface area contributed by atoms with E-state index in [0.29, 0.717) is 13.1 Å². The zero-order chi connectivity index (χ0) is 20.1. The maximum Gasteiger partial charge on any atom is 0.271 e. The van der Waals surface area contributed by atoms with E-state index in [1.165, 1.54) is 18.2 Å². The fraction of sp³-hybridized carbons (Fsp3) is 0.316. The van der Waals surface area contributed by atoms with E-state index in [-0.39, 0.29) is 29.0 Å². The lowest BCUT2D eigenvalue weighted by Crippen LogP contribution is -2.50. The molecular formula is C19H20ClN3O5. The molecule has 0 aliphatic carbocycles. The molecule has 0 saturated carbocycles. The van der Waals surface area contributed by atoms with Crippen LogP contribution in [0.25, 0.3) is 0 Å². The summed E-state index contributed by atoms with van der Waals surface area (Å²) in [5.41, 5.74) is 0.958. The summed E-state index contributed by atoms with van der Waals surface area (Å²) in [4.78, 5) is 26.5. The Morgan fingerprint density at radius 3 is 2.39 bits per heavy atom. The number of hydrogen-bond acceptors (Lipinski definition) is 6. The van der Waals surface area contributed by atoms with Gasteiger partial charge in [-0.2, -0.15) is 0 Å². The van der Waals surface area contributed by atoms with Gasteiger partial charge in [0.05, 0.1) is 17.1 Å². The van der Waals surface area contributed by atoms with Crippen molar-refractivity contribution in [2.45, 2.75) is 0 Å². The topological polar surface area (TPSA) is 85.2 Å². The predicted molar refractivity (Wildman–Crippen MR) is 105 cm³/mol. The molecule has 1 aliphatic heterocycles. The molecule has 9 heteroatoms. The van der Waals surface area contributed by atoms with Crippen LogP contribution in [-0.2, 0) is 4.79 Å². The smallest absolute Gasteiger partial charge is 0.271 e. The number of anilines is 1. The van der Waals surface area contributed by atoms with Crippen molar-refractivity contribution in [3.63, 3.8) is 0 Å². The lowest BCUT2D eigenvalue weighted by molar-refractivity contribution is -0.384. The molecule has 148 valence electrons. The van der Waals surface area contributed by atoms with E-state index in [1.54, 1.807) is 12.0 Å². The van der Waals surface area contributed by atoms with Crippen LogP contribution in [0, 0.1) is 10.1 Å². The number of hydrogen-bond donors (Lipinski definition) is 0. The summed E-state index contributed by atoms with van der Waals surface area (Å²) in [5, 5.41) is 10.8. The van der Waals surface area contributed by atoms with Gasteiger partial charge in [-0.25, -0.2) is 0 Å². The molecule has 2 aromatic carbocycles. The van der Waals surface area contributed by atoms with Crippen LogP contribution in [0.3, 0.4) is 0 Å². The third-order valence-corrected chi connectivity index (χ3v) is 4.84. The summed E-state index contributed by atoms with van der Waals surface area (Å²) >= 11 is 5.98. The van der Waals surface area contributed by atoms with Gasteiger partial charge in [0.25, 0.3) is 11.6 Å². The molecule has 1 amide bonds. The molecule has 8 nitrogen and oxygen atoms in total. The Hall–Kier alpha value is -3.00. The number of nitro groups is 1. The molecule has 0 aromatic heterocycles. The van der Waals surface area contributed by atoms with Gasteiger partial charge < -0.3 is 19.3 Å². The number of amides is 1. The summed E-state index contributed by atoms with van der Waals surface area (Å²) < 4.78 is 10.6. The van der Waals surface area contributed by atoms with Gasteiger partial charge in [0.1, 0.15) is 11.5 Å². The van der Waals surface area contributed by atoms with Crippen molar-refractivity contribution in [1.82, 2.24) is 4.90 Å². The molecular weight excluding hydrogens is 386 g/mol. The normalized spacial score (nSPS) is 13.9. The molecule has 0 atom stereocenters. The van der Waals surface area contributed by atoms with Crippen LogP contribution in [-0.4, -0.2) is 55.6 Å². The Kier molecular flexibility index (Phi) is 6.20. The first-order valence-corrected chi connectivity index (χ1v) is 9.09. The number of rotatable bonds is 6. The van der Waals surface area contributed by atoms with Crippen LogP contribution in [0.4, 0.5) is 11.4 Å². The van der Waals surface area contributed by atoms with Gasteiger partial charge in [0.2, 0.25) is 0 Å². The van der Waals surface area contributed by atoms with E-state index in [0.717, 1.165) is 24.5 Å². The number of ether oxygens (including phenoxy) is 2. The molecule has 28 heavy (non-hydrogen) atoms. The maximum absolute atomic E-state index is 12.4. The van der Waals surface area contributed by atoms with Crippen LogP contribution < -0.4 is 14.4 Å². The molecule has 0 unspecified atom stereocenters. The molecule has 0 spiro atoms. The van der Waals surface area contributed by atoms with Crippen LogP contribution in [0.2, 0.25) is 5.02 Å². The molecule has 0 N–H and O–H groups in total. The first-order chi connectivity index (χ1) is 13.5. The minimum absolute atomic E-state index is 0.103. The number of piperazine rings is 1. The van der Waals surface area contributed by atoms with Crippen LogP contribution in [0.15, 0.2) is 42.5 Å². The summed E-state index contributed by atoms with van der Waals surface area (Å²) in [6, 6.07) is 11.7. The average Bonchev–Trinajstić information content (AvgIpc) is 2.72. The second-order valence-electron chi connectivity index (χ2n) is 6.23. The van der Waals surface area contributed by atoms with E-state index in [9.17, 15) is 14.9 Å². The summed E-state index contributed by atoms with van der Waals surface area (Å²) in [5.74, 6) is 0.904. The number of nitro benzene ring substituents is 1. The number of nitrogens with zero attached hydrogens (tertiary/aromatic N) is 3. The second kappa shape index (κ2) is 8.79. The maximum atomic E-state index is 12.4. The quantitative estimate of drug-likeness (QED) is 0.542. The number of benzene rings is 2. The Balaban J connectivity index is 1.50. The van der Waals surface area contributed by atoms with E-state index < -0.39 is 4.92 Å². The Bertz CT molecular complexity index is 851. The zero-order valence-corrected chi connectivity index (χ0v) is 16.1. The van der Waals surface area contributed by atoms with Crippen LogP contribution >= 0.6 is 11.6 Å². The van der Waals surface area contributed by atoms with Gasteiger partial charge in [0.15, 0.2) is 6.61 Å². The van der Waals surface area contributed by atoms with Gasteiger partial charge >= 0.3 is 0 Å². The molecule has 1 saturated heterocycles. The van der Waals surface area contributed by atoms with Crippen molar-refractivity contribution < 1.29 is 19.2 Å². The molecule has 0 radical (unpaired) electrons. The summed E-state index contributed by atoms with van der Waals surface area (Å²) in [6.07, 6.45) is 0. The van der Waals surface area contributed by atoms with Crippen LogP contribution in [0.5, 0.6) is 11.5 Å². The van der Waals surface area contributed by atoms with Crippen molar-refractivity contribution in [2.24, 2.45) is 0 Å². The average molecular weight is 406 g/mol. The van der Waals surface area contributed by atoms with Gasteiger partial charge in [-0.15, -0.1) is 0 Å². The first-order valence-electron chi connectivity index (χ1n) is 8.71. The number of carbonyl (C=O) groups is 1. The largest absolute Gasteiger partial charge is 0.497 e. The highest BCUT2D eigenvalue weighted by Gasteiger charge is 2.22. The standard InChI is InChI=1S/C19H20ClN3O5/c1-27-16-5-2-14(3-6-16)21-8-10-22(11-9-21)19(24)13-28-18-7-4-15(23(25)26)12-17(18)20/h2-7,12H,8-11,13H2,1H3. The third-order valence-electron chi connectivity index (χ3n) is 4.55. The first kappa shape index (κ1) is 19.8. The van der Waals surface area contributed by atoms with Crippen LogP contribution in [0.1, 0.15) is 0 Å². The monoisotopic (exact) mass is 405 g/mol. The van der Waals surface area contributed by atoms with E-state index in [1.807, 2.05) is 24.3 Å². The number of methoxy groups -OCH3 is 1. The van der Waals surface area contributed by atoms with Crippen molar-refractivity contribution >= 4 is 28.9 Å². The number of non-ortho nitro benzene ring substituents is 1. The van der Waals surface area contributed by atoms with E-state index >= 15 is 0 Å². The fourth-order valence-corrected chi connectivity index (χ4v) is 3.19. The number of halogens is 1. The predicted octanol–water partition coefficient (Wildman–Crippen LogP) is 2.98. The Morgan fingerprint density at radius 2 is 1.82 bits per heavy atom. The molecule has 0 bridgehead atoms.